The molecule has 0 saturated carbocycles. The Balaban J connectivity index is 1.93. The molecule has 0 fully saturated rings. The van der Waals surface area contributed by atoms with Crippen molar-refractivity contribution in [3.63, 3.8) is 0 Å². The maximum atomic E-state index is 12.1. The zero-order chi connectivity index (χ0) is 19.3. The van der Waals surface area contributed by atoms with E-state index in [9.17, 15) is 18.0 Å². The van der Waals surface area contributed by atoms with Crippen molar-refractivity contribution in [2.24, 2.45) is 5.14 Å². The molecule has 1 atom stereocenters. The van der Waals surface area contributed by atoms with Crippen LogP contribution in [-0.2, 0) is 30.8 Å². The molecule has 3 N–H and O–H groups in total. The molecule has 7 nitrogen and oxygen atoms in total. The first-order chi connectivity index (χ1) is 12.2. The maximum absolute atomic E-state index is 12.1. The number of sulfonamides is 1. The van der Waals surface area contributed by atoms with E-state index in [1.165, 1.54) is 31.2 Å². The lowest BCUT2D eigenvalue weighted by atomic mass is 10.1. The SMILES string of the molecule is C[C@@H](OC(=O)Cc1ccccc1Cl)C(=O)Nc1ccc(S(N)(=O)=O)cc1. The van der Waals surface area contributed by atoms with Crippen LogP contribution in [-0.4, -0.2) is 26.4 Å². The molecule has 0 aliphatic rings. The maximum Gasteiger partial charge on any atom is 0.311 e. The second-order valence-corrected chi connectivity index (χ2v) is 7.43. The molecule has 0 bridgehead atoms. The van der Waals surface area contributed by atoms with Crippen molar-refractivity contribution in [3.8, 4) is 0 Å². The molecule has 9 heteroatoms. The number of hydrogen-bond acceptors (Lipinski definition) is 5. The van der Waals surface area contributed by atoms with E-state index in [0.717, 1.165) is 0 Å². The van der Waals surface area contributed by atoms with E-state index < -0.39 is 28.0 Å². The van der Waals surface area contributed by atoms with Gasteiger partial charge in [0.15, 0.2) is 6.10 Å². The molecule has 0 aliphatic heterocycles. The van der Waals surface area contributed by atoms with Crippen molar-refractivity contribution in [1.29, 1.82) is 0 Å². The first-order valence-electron chi connectivity index (χ1n) is 7.53. The predicted octanol–water partition coefficient (Wildman–Crippen LogP) is 2.10. The van der Waals surface area contributed by atoms with E-state index in [-0.39, 0.29) is 11.3 Å². The zero-order valence-corrected chi connectivity index (χ0v) is 15.4. The lowest BCUT2D eigenvalue weighted by Crippen LogP contribution is -2.30. The smallest absolute Gasteiger partial charge is 0.311 e. The Morgan fingerprint density at radius 2 is 1.77 bits per heavy atom. The van der Waals surface area contributed by atoms with Crippen LogP contribution >= 0.6 is 11.6 Å². The van der Waals surface area contributed by atoms with Crippen molar-refractivity contribution in [2.45, 2.75) is 24.3 Å². The molecule has 2 aromatic carbocycles. The van der Waals surface area contributed by atoms with Gasteiger partial charge >= 0.3 is 5.97 Å². The predicted molar refractivity (Wildman–Crippen MR) is 97.2 cm³/mol. The third-order valence-corrected chi connectivity index (χ3v) is 4.72. The van der Waals surface area contributed by atoms with Gasteiger partial charge in [0.2, 0.25) is 10.0 Å². The fourth-order valence-electron chi connectivity index (χ4n) is 2.06. The average Bonchev–Trinajstić information content (AvgIpc) is 2.56. The fraction of sp³-hybridized carbons (Fsp3) is 0.176. The van der Waals surface area contributed by atoms with E-state index in [1.54, 1.807) is 24.3 Å². The molecule has 138 valence electrons. The molecule has 1 amide bonds. The number of esters is 1. The number of hydrogen-bond donors (Lipinski definition) is 2. The number of rotatable bonds is 6. The quantitative estimate of drug-likeness (QED) is 0.725. The minimum atomic E-state index is -3.81. The summed E-state index contributed by atoms with van der Waals surface area (Å²) in [7, 11) is -3.81. The van der Waals surface area contributed by atoms with Gasteiger partial charge in [0.25, 0.3) is 5.91 Å². The van der Waals surface area contributed by atoms with Gasteiger partial charge in [-0.1, -0.05) is 29.8 Å². The second kappa shape index (κ2) is 8.31. The molecule has 0 aromatic heterocycles. The zero-order valence-electron chi connectivity index (χ0n) is 13.8. The first kappa shape index (κ1) is 19.9. The minimum Gasteiger partial charge on any atom is -0.452 e. The summed E-state index contributed by atoms with van der Waals surface area (Å²) in [5.74, 6) is -1.15. The van der Waals surface area contributed by atoms with Crippen molar-refractivity contribution in [1.82, 2.24) is 0 Å². The molecule has 0 saturated heterocycles. The Bertz CT molecular complexity index is 913. The number of amides is 1. The van der Waals surface area contributed by atoms with Gasteiger partial charge in [-0.2, -0.15) is 0 Å². The molecule has 26 heavy (non-hydrogen) atoms. The van der Waals surface area contributed by atoms with Crippen molar-refractivity contribution in [3.05, 3.63) is 59.1 Å². The van der Waals surface area contributed by atoms with Gasteiger partial charge in [-0.3, -0.25) is 9.59 Å². The number of primary sulfonamides is 1. The highest BCUT2D eigenvalue weighted by molar-refractivity contribution is 7.89. The number of benzene rings is 2. The number of nitrogens with two attached hydrogens (primary N) is 1. The number of halogens is 1. The highest BCUT2D eigenvalue weighted by Gasteiger charge is 2.19. The molecule has 0 spiro atoms. The summed E-state index contributed by atoms with van der Waals surface area (Å²) in [6, 6.07) is 12.1. The Hall–Kier alpha value is -2.42. The van der Waals surface area contributed by atoms with Gasteiger partial charge in [0, 0.05) is 10.7 Å². The topological polar surface area (TPSA) is 116 Å². The van der Waals surface area contributed by atoms with Crippen molar-refractivity contribution < 1.29 is 22.7 Å². The Kier molecular flexibility index (Phi) is 6.36. The van der Waals surface area contributed by atoms with Crippen LogP contribution < -0.4 is 10.5 Å². The van der Waals surface area contributed by atoms with E-state index in [4.69, 9.17) is 21.5 Å². The Morgan fingerprint density at radius 3 is 2.35 bits per heavy atom. The highest BCUT2D eigenvalue weighted by atomic mass is 35.5. The normalized spacial score (nSPS) is 12.3. The molecule has 0 heterocycles. The van der Waals surface area contributed by atoms with Gasteiger partial charge in [-0.05, 0) is 42.8 Å². The van der Waals surface area contributed by atoms with Crippen molar-refractivity contribution in [2.75, 3.05) is 5.32 Å². The number of carbonyl (C=O) groups excluding carboxylic acids is 2. The lowest BCUT2D eigenvalue weighted by Gasteiger charge is -2.14. The van der Waals surface area contributed by atoms with Gasteiger partial charge in [-0.25, -0.2) is 13.6 Å². The van der Waals surface area contributed by atoms with Crippen molar-refractivity contribution >= 4 is 39.2 Å². The number of nitrogens with one attached hydrogen (secondary N) is 1. The van der Waals surface area contributed by atoms with Crippen LogP contribution in [0.15, 0.2) is 53.4 Å². The molecule has 0 radical (unpaired) electrons. The first-order valence-corrected chi connectivity index (χ1v) is 9.46. The van der Waals surface area contributed by atoms with Crippen LogP contribution in [0.1, 0.15) is 12.5 Å². The summed E-state index contributed by atoms with van der Waals surface area (Å²) >= 11 is 5.98. The van der Waals surface area contributed by atoms with Gasteiger partial charge in [0.1, 0.15) is 0 Å². The van der Waals surface area contributed by atoms with E-state index in [0.29, 0.717) is 16.3 Å². The summed E-state index contributed by atoms with van der Waals surface area (Å²) < 4.78 is 27.5. The Labute approximate surface area is 156 Å². The van der Waals surface area contributed by atoms with Crippen LogP contribution in [0.2, 0.25) is 5.02 Å². The fourth-order valence-corrected chi connectivity index (χ4v) is 2.78. The monoisotopic (exact) mass is 396 g/mol. The number of anilines is 1. The van der Waals surface area contributed by atoms with Gasteiger partial charge in [-0.15, -0.1) is 0 Å². The van der Waals surface area contributed by atoms with E-state index >= 15 is 0 Å². The van der Waals surface area contributed by atoms with E-state index in [1.807, 2.05) is 0 Å². The van der Waals surface area contributed by atoms with Crippen LogP contribution in [0.5, 0.6) is 0 Å². The highest BCUT2D eigenvalue weighted by Crippen LogP contribution is 2.17. The number of ether oxygens (including phenoxy) is 1. The van der Waals surface area contributed by atoms with Crippen LogP contribution in [0.3, 0.4) is 0 Å². The second-order valence-electron chi connectivity index (χ2n) is 5.46. The largest absolute Gasteiger partial charge is 0.452 e. The van der Waals surface area contributed by atoms with Gasteiger partial charge in [0.05, 0.1) is 11.3 Å². The summed E-state index contributed by atoms with van der Waals surface area (Å²) in [4.78, 5) is 24.0. The van der Waals surface area contributed by atoms with Crippen LogP contribution in [0.4, 0.5) is 5.69 Å². The summed E-state index contributed by atoms with van der Waals surface area (Å²) in [6.45, 7) is 1.43. The van der Waals surface area contributed by atoms with Gasteiger partial charge < -0.3 is 10.1 Å². The molecule has 2 rings (SSSR count). The molecule has 0 aliphatic carbocycles. The standard InChI is InChI=1S/C17H17ClN2O5S/c1-11(25-16(21)10-12-4-2-3-5-15(12)18)17(22)20-13-6-8-14(9-7-13)26(19,23)24/h2-9,11H,10H2,1H3,(H,20,22)(H2,19,23,24)/t11-/m1/s1. The lowest BCUT2D eigenvalue weighted by molar-refractivity contribution is -0.152. The minimum absolute atomic E-state index is 0.0552. The third-order valence-electron chi connectivity index (χ3n) is 3.42. The Morgan fingerprint density at radius 1 is 1.15 bits per heavy atom. The molecule has 0 unspecified atom stereocenters. The molecular weight excluding hydrogens is 380 g/mol. The van der Waals surface area contributed by atoms with E-state index in [2.05, 4.69) is 5.32 Å². The summed E-state index contributed by atoms with van der Waals surface area (Å²) in [5.41, 5.74) is 0.946. The summed E-state index contributed by atoms with van der Waals surface area (Å²) in [5, 5.41) is 7.97. The third kappa shape index (κ3) is 5.55. The summed E-state index contributed by atoms with van der Waals surface area (Å²) in [6.07, 6.45) is -1.09. The molecular formula is C17H17ClN2O5S. The number of carbonyl (C=O) groups is 2. The van der Waals surface area contributed by atoms with Crippen LogP contribution in [0, 0.1) is 0 Å². The average molecular weight is 397 g/mol. The van der Waals surface area contributed by atoms with Crippen LogP contribution in [0.25, 0.3) is 0 Å². The molecule has 2 aromatic rings.